The molecular formula is C22H17Cl2N5OS. The second-order valence-electron chi connectivity index (χ2n) is 6.67. The van der Waals surface area contributed by atoms with Crippen molar-refractivity contribution in [2.75, 3.05) is 11.1 Å². The third-order valence-corrected chi connectivity index (χ3v) is 5.89. The fraction of sp³-hybridized carbons (Fsp3) is 0.0909. The highest BCUT2D eigenvalue weighted by Gasteiger charge is 2.17. The van der Waals surface area contributed by atoms with Gasteiger partial charge in [-0.1, -0.05) is 52.7 Å². The molecule has 0 aliphatic heterocycles. The van der Waals surface area contributed by atoms with Crippen molar-refractivity contribution in [2.24, 2.45) is 0 Å². The Morgan fingerprint density at radius 3 is 2.52 bits per heavy atom. The summed E-state index contributed by atoms with van der Waals surface area (Å²) in [5, 5.41) is 13.0. The molecular weight excluding hydrogens is 453 g/mol. The lowest BCUT2D eigenvalue weighted by Gasteiger charge is -2.11. The van der Waals surface area contributed by atoms with Gasteiger partial charge in [0.2, 0.25) is 5.91 Å². The minimum atomic E-state index is -0.224. The summed E-state index contributed by atoms with van der Waals surface area (Å²) in [5.74, 6) is 0.577. The number of nitrogens with zero attached hydrogens (tertiary/aromatic N) is 4. The molecule has 0 atom stereocenters. The Bertz CT molecular complexity index is 1210. The van der Waals surface area contributed by atoms with E-state index in [-0.39, 0.29) is 11.7 Å². The number of nitrogens with one attached hydrogen (secondary N) is 1. The standard InChI is InChI=1S/C22H17Cl2N5OS/c1-14-2-5-17(6-3-14)29-21(15-8-10-25-11-9-15)27-28-22(29)31-13-20(30)26-19-12-16(23)4-7-18(19)24/h2-12H,13H2,1H3,(H,26,30). The molecule has 6 nitrogen and oxygen atoms in total. The maximum atomic E-state index is 12.5. The highest BCUT2D eigenvalue weighted by atomic mass is 35.5. The van der Waals surface area contributed by atoms with Gasteiger partial charge in [-0.15, -0.1) is 10.2 Å². The zero-order valence-corrected chi connectivity index (χ0v) is 18.7. The largest absolute Gasteiger partial charge is 0.324 e. The molecule has 0 unspecified atom stereocenters. The normalized spacial score (nSPS) is 10.8. The van der Waals surface area contributed by atoms with Crippen LogP contribution in [0.25, 0.3) is 17.1 Å². The Labute approximate surface area is 193 Å². The molecule has 0 aliphatic rings. The summed E-state index contributed by atoms with van der Waals surface area (Å²) in [6.07, 6.45) is 3.41. The first-order valence-corrected chi connectivity index (χ1v) is 11.1. The Balaban J connectivity index is 1.59. The van der Waals surface area contributed by atoms with E-state index >= 15 is 0 Å². The summed E-state index contributed by atoms with van der Waals surface area (Å²) in [5.41, 5.74) is 3.40. The van der Waals surface area contributed by atoms with Crippen molar-refractivity contribution < 1.29 is 4.79 Å². The number of hydrogen-bond donors (Lipinski definition) is 1. The molecule has 31 heavy (non-hydrogen) atoms. The van der Waals surface area contributed by atoms with E-state index in [1.807, 2.05) is 47.9 Å². The smallest absolute Gasteiger partial charge is 0.234 e. The van der Waals surface area contributed by atoms with Crippen LogP contribution in [0.1, 0.15) is 5.56 Å². The van der Waals surface area contributed by atoms with Crippen molar-refractivity contribution in [1.29, 1.82) is 0 Å². The summed E-state index contributed by atoms with van der Waals surface area (Å²) < 4.78 is 1.93. The van der Waals surface area contributed by atoms with Crippen LogP contribution in [0, 0.1) is 6.92 Å². The first-order valence-electron chi connectivity index (χ1n) is 9.32. The molecule has 0 fully saturated rings. The van der Waals surface area contributed by atoms with Crippen molar-refractivity contribution in [1.82, 2.24) is 19.7 Å². The second kappa shape index (κ2) is 9.51. The SMILES string of the molecule is Cc1ccc(-n2c(SCC(=O)Nc3cc(Cl)ccc3Cl)nnc2-c2ccncc2)cc1. The molecule has 0 aliphatic carbocycles. The number of amides is 1. The molecule has 2 aromatic carbocycles. The first-order chi connectivity index (χ1) is 15.0. The van der Waals surface area contributed by atoms with Crippen molar-refractivity contribution in [3.8, 4) is 17.1 Å². The Hall–Kier alpha value is -2.87. The molecule has 2 aromatic heterocycles. The Kier molecular flexibility index (Phi) is 6.56. The van der Waals surface area contributed by atoms with E-state index in [0.717, 1.165) is 16.8 Å². The molecule has 1 amide bonds. The van der Waals surface area contributed by atoms with E-state index in [1.165, 1.54) is 11.8 Å². The highest BCUT2D eigenvalue weighted by molar-refractivity contribution is 7.99. The second-order valence-corrected chi connectivity index (χ2v) is 8.46. The van der Waals surface area contributed by atoms with Gasteiger partial charge in [0.15, 0.2) is 11.0 Å². The van der Waals surface area contributed by atoms with E-state index in [9.17, 15) is 4.79 Å². The Morgan fingerprint density at radius 2 is 1.77 bits per heavy atom. The minimum Gasteiger partial charge on any atom is -0.324 e. The number of aromatic nitrogens is 4. The minimum absolute atomic E-state index is 0.128. The van der Waals surface area contributed by atoms with E-state index in [1.54, 1.807) is 30.6 Å². The first kappa shape index (κ1) is 21.4. The van der Waals surface area contributed by atoms with Crippen LogP contribution in [0.2, 0.25) is 10.0 Å². The van der Waals surface area contributed by atoms with E-state index < -0.39 is 0 Å². The fourth-order valence-corrected chi connectivity index (χ4v) is 3.98. The Morgan fingerprint density at radius 1 is 1.03 bits per heavy atom. The van der Waals surface area contributed by atoms with Crippen LogP contribution >= 0.6 is 35.0 Å². The fourth-order valence-electron chi connectivity index (χ4n) is 2.89. The number of carbonyl (C=O) groups excluding carboxylic acids is 1. The molecule has 0 saturated carbocycles. The number of pyridine rings is 1. The van der Waals surface area contributed by atoms with Crippen molar-refractivity contribution >= 4 is 46.6 Å². The van der Waals surface area contributed by atoms with Crippen LogP contribution < -0.4 is 5.32 Å². The molecule has 1 N–H and O–H groups in total. The zero-order valence-electron chi connectivity index (χ0n) is 16.4. The van der Waals surface area contributed by atoms with Gasteiger partial charge < -0.3 is 5.32 Å². The lowest BCUT2D eigenvalue weighted by molar-refractivity contribution is -0.113. The number of aryl methyl sites for hydroxylation is 1. The van der Waals surface area contributed by atoms with Crippen LogP contribution in [0.5, 0.6) is 0 Å². The average molecular weight is 470 g/mol. The lowest BCUT2D eigenvalue weighted by Crippen LogP contribution is -2.15. The molecule has 0 bridgehead atoms. The lowest BCUT2D eigenvalue weighted by atomic mass is 10.2. The summed E-state index contributed by atoms with van der Waals surface area (Å²) in [6, 6.07) is 16.7. The number of carbonyl (C=O) groups is 1. The van der Waals surface area contributed by atoms with Crippen molar-refractivity contribution in [3.05, 3.63) is 82.6 Å². The number of anilines is 1. The molecule has 4 aromatic rings. The third-order valence-electron chi connectivity index (χ3n) is 4.40. The average Bonchev–Trinajstić information content (AvgIpc) is 3.20. The highest BCUT2D eigenvalue weighted by Crippen LogP contribution is 2.29. The quantitative estimate of drug-likeness (QED) is 0.368. The molecule has 2 heterocycles. The van der Waals surface area contributed by atoms with E-state index in [2.05, 4.69) is 20.5 Å². The van der Waals surface area contributed by atoms with Crippen LogP contribution in [0.4, 0.5) is 5.69 Å². The number of thioether (sulfide) groups is 1. The maximum absolute atomic E-state index is 12.5. The van der Waals surface area contributed by atoms with Gasteiger partial charge >= 0.3 is 0 Å². The van der Waals surface area contributed by atoms with Gasteiger partial charge in [0, 0.05) is 28.7 Å². The zero-order chi connectivity index (χ0) is 21.8. The van der Waals surface area contributed by atoms with Gasteiger partial charge in [0.05, 0.1) is 16.5 Å². The van der Waals surface area contributed by atoms with Gasteiger partial charge in [-0.3, -0.25) is 14.3 Å². The van der Waals surface area contributed by atoms with Crippen LogP contribution in [-0.4, -0.2) is 31.4 Å². The van der Waals surface area contributed by atoms with Crippen LogP contribution in [-0.2, 0) is 4.79 Å². The van der Waals surface area contributed by atoms with Crippen molar-refractivity contribution in [3.63, 3.8) is 0 Å². The number of hydrogen-bond acceptors (Lipinski definition) is 5. The number of halogens is 2. The molecule has 0 radical (unpaired) electrons. The number of benzene rings is 2. The third kappa shape index (κ3) is 5.07. The molecule has 0 saturated heterocycles. The number of rotatable bonds is 6. The molecule has 156 valence electrons. The molecule has 0 spiro atoms. The van der Waals surface area contributed by atoms with E-state index in [0.29, 0.717) is 26.7 Å². The summed E-state index contributed by atoms with van der Waals surface area (Å²) in [6.45, 7) is 2.03. The summed E-state index contributed by atoms with van der Waals surface area (Å²) in [7, 11) is 0. The molecule has 4 rings (SSSR count). The maximum Gasteiger partial charge on any atom is 0.234 e. The predicted octanol–water partition coefficient (Wildman–Crippen LogP) is 5.68. The van der Waals surface area contributed by atoms with Gasteiger partial charge in [-0.05, 0) is 49.4 Å². The monoisotopic (exact) mass is 469 g/mol. The predicted molar refractivity (Wildman–Crippen MR) is 125 cm³/mol. The van der Waals surface area contributed by atoms with Gasteiger partial charge in [-0.25, -0.2) is 0 Å². The van der Waals surface area contributed by atoms with Crippen LogP contribution in [0.15, 0.2) is 72.1 Å². The topological polar surface area (TPSA) is 72.7 Å². The van der Waals surface area contributed by atoms with E-state index in [4.69, 9.17) is 23.2 Å². The summed E-state index contributed by atoms with van der Waals surface area (Å²) in [4.78, 5) is 16.6. The van der Waals surface area contributed by atoms with Gasteiger partial charge in [0.1, 0.15) is 0 Å². The molecule has 9 heteroatoms. The van der Waals surface area contributed by atoms with Crippen molar-refractivity contribution in [2.45, 2.75) is 12.1 Å². The van der Waals surface area contributed by atoms with Gasteiger partial charge in [0.25, 0.3) is 0 Å². The summed E-state index contributed by atoms with van der Waals surface area (Å²) >= 11 is 13.4. The van der Waals surface area contributed by atoms with Crippen LogP contribution in [0.3, 0.4) is 0 Å². The van der Waals surface area contributed by atoms with Gasteiger partial charge in [-0.2, -0.15) is 0 Å².